The first-order valence-corrected chi connectivity index (χ1v) is 7.05. The van der Waals surface area contributed by atoms with E-state index in [1.54, 1.807) is 0 Å². The van der Waals surface area contributed by atoms with Crippen LogP contribution in [0.3, 0.4) is 0 Å². The summed E-state index contributed by atoms with van der Waals surface area (Å²) in [4.78, 5) is 0. The summed E-state index contributed by atoms with van der Waals surface area (Å²) in [6.07, 6.45) is 7.40. The average molecular weight is 242 g/mol. The van der Waals surface area contributed by atoms with Crippen LogP contribution in [-0.2, 0) is 0 Å². The smallest absolute Gasteiger partial charge is 0.0641 e. The molecule has 0 bridgehead atoms. The highest BCUT2D eigenvalue weighted by Crippen LogP contribution is 2.24. The van der Waals surface area contributed by atoms with E-state index in [1.807, 2.05) is 18.2 Å². The largest absolute Gasteiger partial charge is 0.309 e. The van der Waals surface area contributed by atoms with Gasteiger partial charge < -0.3 is 5.32 Å². The summed E-state index contributed by atoms with van der Waals surface area (Å²) in [5.41, 5.74) is 1.23. The summed E-state index contributed by atoms with van der Waals surface area (Å²) < 4.78 is 0. The van der Waals surface area contributed by atoms with E-state index in [1.165, 1.54) is 37.7 Å². The van der Waals surface area contributed by atoms with Crippen LogP contribution in [0.4, 0.5) is 0 Å². The Morgan fingerprint density at radius 3 is 2.56 bits per heavy atom. The Labute approximate surface area is 110 Å². The molecule has 1 aliphatic carbocycles. The second kappa shape index (κ2) is 7.18. The summed E-state index contributed by atoms with van der Waals surface area (Å²) in [6, 6.07) is 12.8. The van der Waals surface area contributed by atoms with Gasteiger partial charge in [0, 0.05) is 6.04 Å². The summed E-state index contributed by atoms with van der Waals surface area (Å²) in [6.45, 7) is 1.06. The first-order valence-electron chi connectivity index (χ1n) is 7.05. The van der Waals surface area contributed by atoms with Crippen molar-refractivity contribution in [1.82, 2.24) is 5.32 Å². The molecule has 1 saturated carbocycles. The van der Waals surface area contributed by atoms with E-state index in [0.717, 1.165) is 12.5 Å². The molecule has 1 aromatic carbocycles. The topological polar surface area (TPSA) is 35.8 Å². The minimum atomic E-state index is 0.193. The highest BCUT2D eigenvalue weighted by atomic mass is 14.9. The fraction of sp³-hybridized carbons (Fsp3) is 0.562. The fourth-order valence-corrected chi connectivity index (χ4v) is 2.78. The molecule has 1 fully saturated rings. The van der Waals surface area contributed by atoms with Crippen LogP contribution in [0.5, 0.6) is 0 Å². The molecule has 1 atom stereocenters. The predicted molar refractivity (Wildman–Crippen MR) is 74.0 cm³/mol. The quantitative estimate of drug-likeness (QED) is 0.852. The first-order chi connectivity index (χ1) is 8.90. The minimum absolute atomic E-state index is 0.193. The summed E-state index contributed by atoms with van der Waals surface area (Å²) in [7, 11) is 0. The lowest BCUT2D eigenvalue weighted by Gasteiger charge is -2.25. The van der Waals surface area contributed by atoms with E-state index in [9.17, 15) is 0 Å². The van der Waals surface area contributed by atoms with Gasteiger partial charge in [0.1, 0.15) is 0 Å². The molecule has 0 heterocycles. The van der Waals surface area contributed by atoms with Crippen molar-refractivity contribution < 1.29 is 0 Å². The third kappa shape index (κ3) is 3.85. The third-order valence-electron chi connectivity index (χ3n) is 3.88. The highest BCUT2D eigenvalue weighted by molar-refractivity contribution is 5.19. The maximum Gasteiger partial charge on any atom is 0.0641 e. The Morgan fingerprint density at radius 1 is 1.17 bits per heavy atom. The second-order valence-electron chi connectivity index (χ2n) is 5.24. The van der Waals surface area contributed by atoms with Crippen LogP contribution in [-0.4, -0.2) is 6.54 Å². The Balaban J connectivity index is 1.88. The molecule has 96 valence electrons. The lowest BCUT2D eigenvalue weighted by molar-refractivity contribution is 0.328. The van der Waals surface area contributed by atoms with Gasteiger partial charge in [-0.25, -0.2) is 0 Å². The number of benzene rings is 1. The van der Waals surface area contributed by atoms with Crippen molar-refractivity contribution in [2.75, 3.05) is 6.54 Å². The van der Waals surface area contributed by atoms with E-state index >= 15 is 0 Å². The molecule has 1 N–H and O–H groups in total. The van der Waals surface area contributed by atoms with Crippen LogP contribution >= 0.6 is 0 Å². The van der Waals surface area contributed by atoms with Gasteiger partial charge in [0.2, 0.25) is 0 Å². The van der Waals surface area contributed by atoms with Gasteiger partial charge in [-0.1, -0.05) is 49.6 Å². The van der Waals surface area contributed by atoms with Crippen molar-refractivity contribution in [2.45, 2.75) is 44.6 Å². The molecule has 2 rings (SSSR count). The van der Waals surface area contributed by atoms with Crippen molar-refractivity contribution >= 4 is 0 Å². The van der Waals surface area contributed by atoms with Crippen molar-refractivity contribution in [2.24, 2.45) is 5.92 Å². The Hall–Kier alpha value is -1.33. The van der Waals surface area contributed by atoms with E-state index in [4.69, 9.17) is 5.26 Å². The van der Waals surface area contributed by atoms with Crippen molar-refractivity contribution in [1.29, 1.82) is 5.26 Å². The third-order valence-corrected chi connectivity index (χ3v) is 3.88. The predicted octanol–water partition coefficient (Wildman–Crippen LogP) is 3.81. The number of nitriles is 1. The first kappa shape index (κ1) is 13.1. The standard InChI is InChI=1S/C16H22N2/c17-12-11-16(15-9-5-2-6-10-15)18-13-14-7-3-1-4-8-14/h2,5-6,9-10,14,16,18H,1,3-4,7-8,11,13H2. The van der Waals surface area contributed by atoms with Gasteiger partial charge in [0.15, 0.2) is 0 Å². The average Bonchev–Trinajstić information content (AvgIpc) is 2.45. The maximum atomic E-state index is 8.94. The van der Waals surface area contributed by atoms with Crippen molar-refractivity contribution in [3.05, 3.63) is 35.9 Å². The van der Waals surface area contributed by atoms with Gasteiger partial charge in [-0.2, -0.15) is 5.26 Å². The lowest BCUT2D eigenvalue weighted by atomic mass is 9.89. The molecule has 0 amide bonds. The Bertz CT molecular complexity index is 374. The lowest BCUT2D eigenvalue weighted by Crippen LogP contribution is -2.28. The van der Waals surface area contributed by atoms with Crippen LogP contribution in [0, 0.1) is 17.2 Å². The molecule has 0 spiro atoms. The monoisotopic (exact) mass is 242 g/mol. The molecule has 0 aromatic heterocycles. The highest BCUT2D eigenvalue weighted by Gasteiger charge is 2.16. The van der Waals surface area contributed by atoms with E-state index in [-0.39, 0.29) is 6.04 Å². The number of rotatable bonds is 5. The second-order valence-corrected chi connectivity index (χ2v) is 5.24. The van der Waals surface area contributed by atoms with Crippen molar-refractivity contribution in [3.63, 3.8) is 0 Å². The number of nitrogens with one attached hydrogen (secondary N) is 1. The minimum Gasteiger partial charge on any atom is -0.309 e. The van der Waals surface area contributed by atoms with Crippen LogP contribution in [0.2, 0.25) is 0 Å². The zero-order valence-corrected chi connectivity index (χ0v) is 10.9. The fourth-order valence-electron chi connectivity index (χ4n) is 2.78. The number of hydrogen-bond donors (Lipinski definition) is 1. The van der Waals surface area contributed by atoms with Crippen LogP contribution in [0.25, 0.3) is 0 Å². The molecular weight excluding hydrogens is 220 g/mol. The normalized spacial score (nSPS) is 18.2. The Kier molecular flexibility index (Phi) is 5.23. The van der Waals surface area contributed by atoms with Gasteiger partial charge in [0.25, 0.3) is 0 Å². The summed E-state index contributed by atoms with van der Waals surface area (Å²) >= 11 is 0. The van der Waals surface area contributed by atoms with Crippen molar-refractivity contribution in [3.8, 4) is 6.07 Å². The zero-order chi connectivity index (χ0) is 12.6. The van der Waals surface area contributed by atoms with Gasteiger partial charge in [-0.15, -0.1) is 0 Å². The molecule has 1 aliphatic rings. The van der Waals surface area contributed by atoms with Gasteiger partial charge in [-0.3, -0.25) is 0 Å². The molecule has 1 unspecified atom stereocenters. The molecule has 18 heavy (non-hydrogen) atoms. The van der Waals surface area contributed by atoms with E-state index < -0.39 is 0 Å². The molecule has 0 saturated heterocycles. The molecule has 2 nitrogen and oxygen atoms in total. The molecular formula is C16H22N2. The molecule has 0 radical (unpaired) electrons. The number of hydrogen-bond acceptors (Lipinski definition) is 2. The summed E-state index contributed by atoms with van der Waals surface area (Å²) in [5, 5.41) is 12.5. The van der Waals surface area contributed by atoms with Crippen LogP contribution < -0.4 is 5.32 Å². The van der Waals surface area contributed by atoms with Gasteiger partial charge in [0.05, 0.1) is 12.5 Å². The molecule has 0 aliphatic heterocycles. The zero-order valence-electron chi connectivity index (χ0n) is 10.9. The molecule has 1 aromatic rings. The van der Waals surface area contributed by atoms with Crippen LogP contribution in [0.15, 0.2) is 30.3 Å². The van der Waals surface area contributed by atoms with E-state index in [0.29, 0.717) is 6.42 Å². The van der Waals surface area contributed by atoms with Gasteiger partial charge in [-0.05, 0) is 30.9 Å². The Morgan fingerprint density at radius 2 is 1.89 bits per heavy atom. The molecule has 2 heteroatoms. The number of nitrogens with zero attached hydrogens (tertiary/aromatic N) is 1. The summed E-state index contributed by atoms with van der Waals surface area (Å²) in [5.74, 6) is 0.809. The van der Waals surface area contributed by atoms with E-state index in [2.05, 4.69) is 23.5 Å². The van der Waals surface area contributed by atoms with Gasteiger partial charge >= 0.3 is 0 Å². The van der Waals surface area contributed by atoms with Crippen LogP contribution in [0.1, 0.15) is 50.1 Å². The maximum absolute atomic E-state index is 8.94. The SMILES string of the molecule is N#CCC(NCC1CCCCC1)c1ccccc1.